The van der Waals surface area contributed by atoms with Crippen LogP contribution in [0, 0.1) is 0 Å². The van der Waals surface area contributed by atoms with Gasteiger partial charge in [-0.25, -0.2) is 4.79 Å². The minimum atomic E-state index is -1.10. The maximum Gasteiger partial charge on any atom is 0.337 e. The zero-order valence-corrected chi connectivity index (χ0v) is 17.5. The number of para-hydroxylation sites is 1. The van der Waals surface area contributed by atoms with Gasteiger partial charge >= 0.3 is 5.97 Å². The van der Waals surface area contributed by atoms with E-state index in [0.717, 1.165) is 16.8 Å². The standard InChI is InChI=1S/C25H17N3O3S/c29-24-23(19-9-4-5-12-21(19)28(24)17-13-14-32-15-17)27-26-22-18(16-7-2-1-3-8-16)10-6-11-20(22)25(30)31/h1-15,29H,(H,30,31). The Bertz CT molecular complexity index is 1460. The van der Waals surface area contributed by atoms with Crippen molar-refractivity contribution < 1.29 is 15.0 Å². The summed E-state index contributed by atoms with van der Waals surface area (Å²) in [5.74, 6) is -1.15. The van der Waals surface area contributed by atoms with Crippen molar-refractivity contribution >= 4 is 39.6 Å². The molecule has 2 N–H and O–H groups in total. The number of azo groups is 1. The Morgan fingerprint density at radius 3 is 2.34 bits per heavy atom. The number of rotatable bonds is 5. The molecule has 3 aromatic carbocycles. The third kappa shape index (κ3) is 3.34. The van der Waals surface area contributed by atoms with Crippen LogP contribution in [0.25, 0.3) is 27.7 Å². The number of benzene rings is 3. The number of nitrogens with zero attached hydrogens (tertiary/aromatic N) is 3. The average Bonchev–Trinajstić information content (AvgIpc) is 3.43. The lowest BCUT2D eigenvalue weighted by molar-refractivity contribution is 0.0698. The van der Waals surface area contributed by atoms with Crippen molar-refractivity contribution in [3.8, 4) is 22.7 Å². The Balaban J connectivity index is 1.71. The molecule has 0 aliphatic heterocycles. The number of aromatic nitrogens is 1. The maximum atomic E-state index is 11.9. The number of aromatic hydroxyl groups is 1. The van der Waals surface area contributed by atoms with Gasteiger partial charge in [0, 0.05) is 16.3 Å². The van der Waals surface area contributed by atoms with Crippen molar-refractivity contribution in [2.45, 2.75) is 0 Å². The van der Waals surface area contributed by atoms with Crippen LogP contribution in [0.5, 0.6) is 5.88 Å². The monoisotopic (exact) mass is 439 g/mol. The van der Waals surface area contributed by atoms with Gasteiger partial charge in [-0.3, -0.25) is 4.57 Å². The fourth-order valence-electron chi connectivity index (χ4n) is 3.73. The molecule has 0 bridgehead atoms. The number of hydrogen-bond donors (Lipinski definition) is 2. The van der Waals surface area contributed by atoms with Crippen LogP contribution in [0.2, 0.25) is 0 Å². The first-order chi connectivity index (χ1) is 15.6. The first kappa shape index (κ1) is 19.7. The van der Waals surface area contributed by atoms with Crippen LogP contribution < -0.4 is 0 Å². The molecule has 0 spiro atoms. The molecule has 0 aliphatic rings. The lowest BCUT2D eigenvalue weighted by Crippen LogP contribution is -1.97. The van der Waals surface area contributed by atoms with E-state index in [4.69, 9.17) is 0 Å². The van der Waals surface area contributed by atoms with Crippen LogP contribution >= 0.6 is 11.3 Å². The van der Waals surface area contributed by atoms with E-state index in [2.05, 4.69) is 10.2 Å². The molecule has 6 nitrogen and oxygen atoms in total. The summed E-state index contributed by atoms with van der Waals surface area (Å²) in [6, 6.07) is 23.8. The fourth-order valence-corrected chi connectivity index (χ4v) is 4.35. The van der Waals surface area contributed by atoms with Crippen LogP contribution in [0.15, 0.2) is 99.9 Å². The second-order valence-electron chi connectivity index (χ2n) is 7.08. The quantitative estimate of drug-likeness (QED) is 0.284. The molecular weight excluding hydrogens is 422 g/mol. The van der Waals surface area contributed by atoms with E-state index in [-0.39, 0.29) is 22.8 Å². The lowest BCUT2D eigenvalue weighted by Gasteiger charge is -2.08. The van der Waals surface area contributed by atoms with Gasteiger partial charge in [-0.15, -0.1) is 10.2 Å². The lowest BCUT2D eigenvalue weighted by atomic mass is 10.0. The fraction of sp³-hybridized carbons (Fsp3) is 0. The second kappa shape index (κ2) is 8.13. The van der Waals surface area contributed by atoms with Crippen LogP contribution in [0.1, 0.15) is 10.4 Å². The Kier molecular flexibility index (Phi) is 5.01. The van der Waals surface area contributed by atoms with Crippen LogP contribution in [-0.4, -0.2) is 20.7 Å². The Morgan fingerprint density at radius 2 is 1.59 bits per heavy atom. The first-order valence-corrected chi connectivity index (χ1v) is 10.8. The molecule has 0 radical (unpaired) electrons. The summed E-state index contributed by atoms with van der Waals surface area (Å²) in [4.78, 5) is 11.9. The largest absolute Gasteiger partial charge is 0.493 e. The van der Waals surface area contributed by atoms with Gasteiger partial charge in [0.25, 0.3) is 0 Å². The van der Waals surface area contributed by atoms with E-state index in [1.165, 1.54) is 17.4 Å². The molecule has 156 valence electrons. The topological polar surface area (TPSA) is 87.2 Å². The van der Waals surface area contributed by atoms with Gasteiger partial charge in [-0.1, -0.05) is 60.7 Å². The highest BCUT2D eigenvalue weighted by molar-refractivity contribution is 7.08. The summed E-state index contributed by atoms with van der Waals surface area (Å²) in [5, 5.41) is 34.0. The van der Waals surface area contributed by atoms with Crippen molar-refractivity contribution in [1.82, 2.24) is 4.57 Å². The zero-order valence-electron chi connectivity index (χ0n) is 16.7. The van der Waals surface area contributed by atoms with E-state index in [1.807, 2.05) is 77.5 Å². The molecule has 2 aromatic heterocycles. The molecule has 0 amide bonds. The van der Waals surface area contributed by atoms with Gasteiger partial charge in [0.15, 0.2) is 5.69 Å². The molecule has 0 atom stereocenters. The normalized spacial score (nSPS) is 11.4. The van der Waals surface area contributed by atoms with Gasteiger partial charge in [0.2, 0.25) is 5.88 Å². The number of fused-ring (bicyclic) bond motifs is 1. The summed E-state index contributed by atoms with van der Waals surface area (Å²) in [6.45, 7) is 0. The third-order valence-electron chi connectivity index (χ3n) is 5.19. The van der Waals surface area contributed by atoms with Crippen molar-refractivity contribution in [2.75, 3.05) is 0 Å². The highest BCUT2D eigenvalue weighted by Crippen LogP contribution is 2.43. The smallest absolute Gasteiger partial charge is 0.337 e. The highest BCUT2D eigenvalue weighted by atomic mass is 32.1. The van der Waals surface area contributed by atoms with Crippen molar-refractivity contribution in [3.63, 3.8) is 0 Å². The number of thiophene rings is 1. The molecule has 5 aromatic rings. The molecule has 0 unspecified atom stereocenters. The van der Waals surface area contributed by atoms with Crippen LogP contribution in [0.3, 0.4) is 0 Å². The summed E-state index contributed by atoms with van der Waals surface area (Å²) < 4.78 is 1.71. The molecule has 0 fully saturated rings. The van der Waals surface area contributed by atoms with Gasteiger partial charge in [-0.05, 0) is 29.1 Å². The van der Waals surface area contributed by atoms with Crippen molar-refractivity contribution in [1.29, 1.82) is 0 Å². The van der Waals surface area contributed by atoms with Gasteiger partial charge in [-0.2, -0.15) is 11.3 Å². The van der Waals surface area contributed by atoms with E-state index in [0.29, 0.717) is 10.9 Å². The Labute approximate surface area is 187 Å². The van der Waals surface area contributed by atoms with Gasteiger partial charge < -0.3 is 10.2 Å². The first-order valence-electron chi connectivity index (χ1n) is 9.83. The van der Waals surface area contributed by atoms with Gasteiger partial charge in [0.1, 0.15) is 5.69 Å². The number of carboxylic acid groups (broad SMARTS) is 1. The van der Waals surface area contributed by atoms with Crippen molar-refractivity contribution in [2.24, 2.45) is 10.2 Å². The molecule has 32 heavy (non-hydrogen) atoms. The van der Waals surface area contributed by atoms with Crippen molar-refractivity contribution in [3.05, 3.63) is 95.2 Å². The second-order valence-corrected chi connectivity index (χ2v) is 7.86. The summed E-state index contributed by atoms with van der Waals surface area (Å²) in [7, 11) is 0. The van der Waals surface area contributed by atoms with E-state index in [1.54, 1.807) is 10.6 Å². The molecular formula is C25H17N3O3S. The van der Waals surface area contributed by atoms with E-state index in [9.17, 15) is 15.0 Å². The highest BCUT2D eigenvalue weighted by Gasteiger charge is 2.19. The summed E-state index contributed by atoms with van der Waals surface area (Å²) >= 11 is 1.52. The molecule has 2 heterocycles. The van der Waals surface area contributed by atoms with E-state index >= 15 is 0 Å². The Hall–Kier alpha value is -4.23. The number of hydrogen-bond acceptors (Lipinski definition) is 5. The minimum Gasteiger partial charge on any atom is -0.493 e. The third-order valence-corrected chi connectivity index (χ3v) is 5.86. The minimum absolute atomic E-state index is 0.0381. The van der Waals surface area contributed by atoms with E-state index < -0.39 is 5.97 Å². The predicted octanol–water partition coefficient (Wildman–Crippen LogP) is 7.18. The number of carboxylic acids is 1. The molecule has 7 heteroatoms. The van der Waals surface area contributed by atoms with Gasteiger partial charge in [0.05, 0.1) is 16.8 Å². The zero-order chi connectivity index (χ0) is 22.1. The molecule has 5 rings (SSSR count). The predicted molar refractivity (Wildman–Crippen MR) is 126 cm³/mol. The number of aromatic carboxylic acids is 1. The average molecular weight is 439 g/mol. The molecule has 0 aliphatic carbocycles. The number of carbonyl (C=O) groups is 1. The molecule has 0 saturated carbocycles. The molecule has 0 saturated heterocycles. The maximum absolute atomic E-state index is 11.9. The van der Waals surface area contributed by atoms with Crippen LogP contribution in [0.4, 0.5) is 11.4 Å². The van der Waals surface area contributed by atoms with Crippen LogP contribution in [-0.2, 0) is 0 Å². The summed E-state index contributed by atoms with van der Waals surface area (Å²) in [5.41, 5.74) is 3.64. The summed E-state index contributed by atoms with van der Waals surface area (Å²) in [6.07, 6.45) is 0. The Morgan fingerprint density at radius 1 is 0.844 bits per heavy atom. The SMILES string of the molecule is O=C(O)c1cccc(-c2ccccc2)c1N=Nc1c(O)n(-c2ccsc2)c2ccccc12.